The maximum absolute atomic E-state index is 12.7. The SMILES string of the molecule is COc1ccc(-c2nnc(SCC(=O)c3ccc(C)c(C)c3)n2Cc2ccco2)cc1. The molecule has 0 spiro atoms. The van der Waals surface area contributed by atoms with Gasteiger partial charge >= 0.3 is 0 Å². The Balaban J connectivity index is 1.59. The van der Waals surface area contributed by atoms with Gasteiger partial charge in [-0.05, 0) is 67.4 Å². The van der Waals surface area contributed by atoms with Gasteiger partial charge in [-0.3, -0.25) is 9.36 Å². The Morgan fingerprint density at radius 2 is 1.87 bits per heavy atom. The first-order chi connectivity index (χ1) is 15.0. The van der Waals surface area contributed by atoms with Gasteiger partial charge in [0.05, 0.1) is 25.7 Å². The molecule has 0 aliphatic carbocycles. The standard InChI is InChI=1S/C24H23N3O3S/c1-16-6-7-19(13-17(16)2)22(28)15-31-24-26-25-23(18-8-10-20(29-3)11-9-18)27(24)14-21-5-4-12-30-21/h4-13H,14-15H2,1-3H3. The van der Waals surface area contributed by atoms with E-state index in [1.807, 2.05) is 73.0 Å². The van der Waals surface area contributed by atoms with Gasteiger partial charge in [-0.1, -0.05) is 23.9 Å². The predicted molar refractivity (Wildman–Crippen MR) is 121 cm³/mol. The minimum Gasteiger partial charge on any atom is -0.497 e. The van der Waals surface area contributed by atoms with Crippen LogP contribution in [0, 0.1) is 13.8 Å². The normalized spacial score (nSPS) is 10.9. The van der Waals surface area contributed by atoms with E-state index in [1.165, 1.54) is 17.3 Å². The molecule has 2 heterocycles. The third-order valence-electron chi connectivity index (χ3n) is 5.12. The smallest absolute Gasteiger partial charge is 0.192 e. The monoisotopic (exact) mass is 433 g/mol. The average molecular weight is 434 g/mol. The third-order valence-corrected chi connectivity index (χ3v) is 6.09. The van der Waals surface area contributed by atoms with Crippen molar-refractivity contribution in [3.05, 3.63) is 83.3 Å². The highest BCUT2D eigenvalue weighted by Gasteiger charge is 2.18. The lowest BCUT2D eigenvalue weighted by Crippen LogP contribution is -2.07. The lowest BCUT2D eigenvalue weighted by atomic mass is 10.0. The molecule has 158 valence electrons. The van der Waals surface area contributed by atoms with E-state index >= 15 is 0 Å². The van der Waals surface area contributed by atoms with E-state index in [2.05, 4.69) is 10.2 Å². The molecule has 4 rings (SSSR count). The summed E-state index contributed by atoms with van der Waals surface area (Å²) in [5.74, 6) is 2.61. The molecule has 0 amide bonds. The predicted octanol–water partition coefficient (Wildman–Crippen LogP) is 5.19. The summed E-state index contributed by atoms with van der Waals surface area (Å²) in [7, 11) is 1.63. The summed E-state index contributed by atoms with van der Waals surface area (Å²) in [5.41, 5.74) is 3.90. The summed E-state index contributed by atoms with van der Waals surface area (Å²) in [4.78, 5) is 12.7. The number of hydrogen-bond acceptors (Lipinski definition) is 6. The number of Topliss-reactive ketones (excluding diaryl/α,β-unsaturated/α-hetero) is 1. The van der Waals surface area contributed by atoms with Crippen molar-refractivity contribution in [2.45, 2.75) is 25.5 Å². The molecule has 0 saturated carbocycles. The maximum Gasteiger partial charge on any atom is 0.192 e. The van der Waals surface area contributed by atoms with Crippen molar-refractivity contribution in [2.24, 2.45) is 0 Å². The number of nitrogens with zero attached hydrogens (tertiary/aromatic N) is 3. The molecule has 4 aromatic rings. The number of methoxy groups -OCH3 is 1. The van der Waals surface area contributed by atoms with Gasteiger partial charge in [0.2, 0.25) is 0 Å². The molecule has 0 fully saturated rings. The van der Waals surface area contributed by atoms with Crippen LogP contribution in [0.4, 0.5) is 0 Å². The number of furan rings is 1. The van der Waals surface area contributed by atoms with Gasteiger partial charge in [-0.2, -0.15) is 0 Å². The first kappa shape index (κ1) is 20.9. The summed E-state index contributed by atoms with van der Waals surface area (Å²) in [6.07, 6.45) is 1.64. The molecule has 0 saturated heterocycles. The van der Waals surface area contributed by atoms with Gasteiger partial charge in [-0.15, -0.1) is 10.2 Å². The second-order valence-corrected chi connectivity index (χ2v) is 8.15. The van der Waals surface area contributed by atoms with E-state index in [4.69, 9.17) is 9.15 Å². The second kappa shape index (κ2) is 9.22. The zero-order valence-corrected chi connectivity index (χ0v) is 18.5. The van der Waals surface area contributed by atoms with Gasteiger partial charge in [0.25, 0.3) is 0 Å². The van der Waals surface area contributed by atoms with Crippen molar-refractivity contribution in [3.8, 4) is 17.1 Å². The molecular formula is C24H23N3O3S. The number of aromatic nitrogens is 3. The number of hydrogen-bond donors (Lipinski definition) is 0. The van der Waals surface area contributed by atoms with E-state index < -0.39 is 0 Å². The fourth-order valence-electron chi connectivity index (χ4n) is 3.18. The number of thioether (sulfide) groups is 1. The van der Waals surface area contributed by atoms with Crippen LogP contribution < -0.4 is 4.74 Å². The van der Waals surface area contributed by atoms with Crippen LogP contribution in [0.25, 0.3) is 11.4 Å². The summed E-state index contributed by atoms with van der Waals surface area (Å²) in [6, 6.07) is 17.2. The fourth-order valence-corrected chi connectivity index (χ4v) is 4.01. The number of carbonyl (C=O) groups is 1. The second-order valence-electron chi connectivity index (χ2n) is 7.21. The van der Waals surface area contributed by atoms with Gasteiger partial charge in [0.15, 0.2) is 16.8 Å². The molecule has 0 unspecified atom stereocenters. The number of benzene rings is 2. The summed E-state index contributed by atoms with van der Waals surface area (Å²) >= 11 is 1.38. The Morgan fingerprint density at radius 3 is 2.55 bits per heavy atom. The number of ketones is 1. The first-order valence-corrected chi connectivity index (χ1v) is 10.9. The minimum absolute atomic E-state index is 0.0617. The highest BCUT2D eigenvalue weighted by molar-refractivity contribution is 7.99. The van der Waals surface area contributed by atoms with Crippen LogP contribution in [-0.4, -0.2) is 33.4 Å². The lowest BCUT2D eigenvalue weighted by molar-refractivity contribution is 0.102. The average Bonchev–Trinajstić information content (AvgIpc) is 3.44. The molecule has 0 N–H and O–H groups in total. The molecule has 0 aliphatic rings. The van der Waals surface area contributed by atoms with E-state index in [1.54, 1.807) is 13.4 Å². The Hall–Kier alpha value is -3.32. The van der Waals surface area contributed by atoms with E-state index in [0.29, 0.717) is 23.1 Å². The zero-order chi connectivity index (χ0) is 21.8. The van der Waals surface area contributed by atoms with E-state index in [0.717, 1.165) is 22.6 Å². The molecular weight excluding hydrogens is 410 g/mol. The topological polar surface area (TPSA) is 70.2 Å². The zero-order valence-electron chi connectivity index (χ0n) is 17.7. The molecule has 6 nitrogen and oxygen atoms in total. The van der Waals surface area contributed by atoms with Crippen molar-refractivity contribution in [1.29, 1.82) is 0 Å². The molecule has 0 atom stereocenters. The largest absolute Gasteiger partial charge is 0.497 e. The van der Waals surface area contributed by atoms with Gasteiger partial charge in [0, 0.05) is 11.1 Å². The van der Waals surface area contributed by atoms with E-state index in [-0.39, 0.29) is 11.5 Å². The molecule has 31 heavy (non-hydrogen) atoms. The van der Waals surface area contributed by atoms with Crippen molar-refractivity contribution >= 4 is 17.5 Å². The Bertz CT molecular complexity index is 1180. The highest BCUT2D eigenvalue weighted by atomic mass is 32.2. The molecule has 2 aromatic heterocycles. The Labute approximate surface area is 185 Å². The van der Waals surface area contributed by atoms with E-state index in [9.17, 15) is 4.79 Å². The van der Waals surface area contributed by atoms with Crippen LogP contribution >= 0.6 is 11.8 Å². The number of rotatable bonds is 8. The number of ether oxygens (including phenoxy) is 1. The van der Waals surface area contributed by atoms with Gasteiger partial charge < -0.3 is 9.15 Å². The minimum atomic E-state index is 0.0617. The van der Waals surface area contributed by atoms with Crippen LogP contribution in [0.3, 0.4) is 0 Å². The Kier molecular flexibility index (Phi) is 6.23. The number of carbonyl (C=O) groups excluding carboxylic acids is 1. The summed E-state index contributed by atoms with van der Waals surface area (Å²) in [6.45, 7) is 4.53. The molecule has 2 aromatic carbocycles. The van der Waals surface area contributed by atoms with Crippen molar-refractivity contribution in [3.63, 3.8) is 0 Å². The van der Waals surface area contributed by atoms with Gasteiger partial charge in [0.1, 0.15) is 11.5 Å². The lowest BCUT2D eigenvalue weighted by Gasteiger charge is -2.09. The Morgan fingerprint density at radius 1 is 1.06 bits per heavy atom. The fraction of sp³-hybridized carbons (Fsp3) is 0.208. The highest BCUT2D eigenvalue weighted by Crippen LogP contribution is 2.27. The molecule has 0 radical (unpaired) electrons. The van der Waals surface area contributed by atoms with Crippen LogP contribution in [0.1, 0.15) is 27.2 Å². The van der Waals surface area contributed by atoms with Crippen molar-refractivity contribution < 1.29 is 13.9 Å². The van der Waals surface area contributed by atoms with Crippen LogP contribution in [0.5, 0.6) is 5.75 Å². The van der Waals surface area contributed by atoms with Crippen LogP contribution in [0.2, 0.25) is 0 Å². The van der Waals surface area contributed by atoms with Gasteiger partial charge in [-0.25, -0.2) is 0 Å². The quantitative estimate of drug-likeness (QED) is 0.281. The summed E-state index contributed by atoms with van der Waals surface area (Å²) < 4.78 is 12.8. The molecule has 0 aliphatic heterocycles. The first-order valence-electron chi connectivity index (χ1n) is 9.88. The van der Waals surface area contributed by atoms with Crippen LogP contribution in [-0.2, 0) is 6.54 Å². The van der Waals surface area contributed by atoms with Crippen molar-refractivity contribution in [2.75, 3.05) is 12.9 Å². The maximum atomic E-state index is 12.7. The molecule has 0 bridgehead atoms. The molecule has 7 heteroatoms. The van der Waals surface area contributed by atoms with Crippen LogP contribution in [0.15, 0.2) is 70.4 Å². The third kappa shape index (κ3) is 4.72. The van der Waals surface area contributed by atoms with Crippen molar-refractivity contribution in [1.82, 2.24) is 14.8 Å². The number of aryl methyl sites for hydroxylation is 2. The summed E-state index contributed by atoms with van der Waals surface area (Å²) in [5, 5.41) is 9.43.